The number of rotatable bonds is 5. The highest BCUT2D eigenvalue weighted by atomic mass is 35.5. The number of alkyl halides is 1. The fourth-order valence-corrected chi connectivity index (χ4v) is 2.45. The van der Waals surface area contributed by atoms with Gasteiger partial charge >= 0.3 is 0 Å². The summed E-state index contributed by atoms with van der Waals surface area (Å²) < 4.78 is 4.29. The molecule has 14 heavy (non-hydrogen) atoms. The maximum atomic E-state index is 5.77. The highest BCUT2D eigenvalue weighted by molar-refractivity contribution is 7.09. The van der Waals surface area contributed by atoms with Gasteiger partial charge < -0.3 is 4.90 Å². The number of anilines is 1. The van der Waals surface area contributed by atoms with Crippen LogP contribution >= 0.6 is 23.1 Å². The Morgan fingerprint density at radius 3 is 2.86 bits per heavy atom. The van der Waals surface area contributed by atoms with Crippen LogP contribution in [-0.2, 0) is 6.42 Å². The summed E-state index contributed by atoms with van der Waals surface area (Å²) in [7, 11) is 0. The van der Waals surface area contributed by atoms with Crippen LogP contribution in [0.1, 0.15) is 25.6 Å². The molecule has 0 amide bonds. The first-order valence-corrected chi connectivity index (χ1v) is 6.31. The van der Waals surface area contributed by atoms with E-state index in [1.165, 1.54) is 24.4 Å². The summed E-state index contributed by atoms with van der Waals surface area (Å²) >= 11 is 7.27. The lowest BCUT2D eigenvalue weighted by Gasteiger charge is -2.18. The molecular formula is C9H14ClN3S. The monoisotopic (exact) mass is 231 g/mol. The molecule has 0 N–H and O–H groups in total. The predicted molar refractivity (Wildman–Crippen MR) is 60.4 cm³/mol. The van der Waals surface area contributed by atoms with Gasteiger partial charge in [0.15, 0.2) is 0 Å². The van der Waals surface area contributed by atoms with Crippen molar-refractivity contribution in [2.24, 2.45) is 0 Å². The van der Waals surface area contributed by atoms with Gasteiger partial charge in [-0.25, -0.2) is 4.98 Å². The molecule has 0 aromatic carbocycles. The molecule has 0 bridgehead atoms. The SMILES string of the molecule is CCc1nsc(N(CCCl)C2CC2)n1. The first-order chi connectivity index (χ1) is 6.85. The summed E-state index contributed by atoms with van der Waals surface area (Å²) in [6.45, 7) is 2.97. The Kier molecular flexibility index (Phi) is 3.23. The van der Waals surface area contributed by atoms with Crippen molar-refractivity contribution in [2.75, 3.05) is 17.3 Å². The molecule has 3 nitrogen and oxygen atoms in total. The first kappa shape index (κ1) is 10.2. The van der Waals surface area contributed by atoms with Gasteiger partial charge in [-0.15, -0.1) is 11.6 Å². The third-order valence-corrected chi connectivity index (χ3v) is 3.29. The van der Waals surface area contributed by atoms with E-state index in [4.69, 9.17) is 11.6 Å². The number of hydrogen-bond donors (Lipinski definition) is 0. The van der Waals surface area contributed by atoms with Crippen molar-refractivity contribution in [1.29, 1.82) is 0 Å². The molecule has 1 aliphatic carbocycles. The smallest absolute Gasteiger partial charge is 0.205 e. The van der Waals surface area contributed by atoms with Crippen LogP contribution in [0.15, 0.2) is 0 Å². The molecule has 1 fully saturated rings. The molecule has 1 aliphatic rings. The minimum atomic E-state index is 0.664. The summed E-state index contributed by atoms with van der Waals surface area (Å²) in [5.41, 5.74) is 0. The van der Waals surface area contributed by atoms with E-state index in [2.05, 4.69) is 21.2 Å². The Morgan fingerprint density at radius 1 is 1.57 bits per heavy atom. The summed E-state index contributed by atoms with van der Waals surface area (Å²) in [6.07, 6.45) is 3.46. The van der Waals surface area contributed by atoms with Crippen molar-refractivity contribution < 1.29 is 0 Å². The number of hydrogen-bond acceptors (Lipinski definition) is 4. The summed E-state index contributed by atoms with van der Waals surface area (Å²) in [5.74, 6) is 1.61. The van der Waals surface area contributed by atoms with Crippen molar-refractivity contribution in [2.45, 2.75) is 32.2 Å². The lowest BCUT2D eigenvalue weighted by atomic mass is 10.5. The molecular weight excluding hydrogens is 218 g/mol. The van der Waals surface area contributed by atoms with Crippen LogP contribution in [0, 0.1) is 0 Å². The van der Waals surface area contributed by atoms with Gasteiger partial charge in [0.25, 0.3) is 0 Å². The molecule has 1 saturated carbocycles. The Morgan fingerprint density at radius 2 is 2.36 bits per heavy atom. The average Bonchev–Trinajstić information content (AvgIpc) is 2.92. The van der Waals surface area contributed by atoms with Gasteiger partial charge in [0.05, 0.1) is 0 Å². The van der Waals surface area contributed by atoms with Gasteiger partial charge in [0.1, 0.15) is 5.82 Å². The van der Waals surface area contributed by atoms with Gasteiger partial charge in [-0.2, -0.15) is 4.37 Å². The molecule has 0 unspecified atom stereocenters. The third kappa shape index (κ3) is 2.17. The Hall–Kier alpha value is -0.350. The van der Waals surface area contributed by atoms with Gasteiger partial charge in [0, 0.05) is 36.4 Å². The molecule has 0 atom stereocenters. The lowest BCUT2D eigenvalue weighted by Crippen LogP contribution is -2.27. The standard InChI is InChI=1S/C9H14ClN3S/c1-2-8-11-9(14-12-8)13(6-5-10)7-3-4-7/h7H,2-6H2,1H3. The molecule has 0 spiro atoms. The van der Waals surface area contributed by atoms with Crippen molar-refractivity contribution in [3.8, 4) is 0 Å². The van der Waals surface area contributed by atoms with Crippen LogP contribution in [0.3, 0.4) is 0 Å². The number of aryl methyl sites for hydroxylation is 1. The van der Waals surface area contributed by atoms with Crippen molar-refractivity contribution in [3.05, 3.63) is 5.82 Å². The van der Waals surface area contributed by atoms with E-state index in [1.54, 1.807) is 0 Å². The number of aromatic nitrogens is 2. The second-order valence-electron chi connectivity index (χ2n) is 3.46. The van der Waals surface area contributed by atoms with E-state index in [0.29, 0.717) is 11.9 Å². The normalized spacial score (nSPS) is 15.9. The van der Waals surface area contributed by atoms with Gasteiger partial charge in [-0.1, -0.05) is 6.92 Å². The Labute approximate surface area is 93.3 Å². The average molecular weight is 232 g/mol. The van der Waals surface area contributed by atoms with Crippen LogP contribution in [0.25, 0.3) is 0 Å². The van der Waals surface area contributed by atoms with Crippen molar-refractivity contribution in [3.63, 3.8) is 0 Å². The molecule has 2 rings (SSSR count). The zero-order chi connectivity index (χ0) is 9.97. The maximum absolute atomic E-state index is 5.77. The minimum absolute atomic E-state index is 0.664. The molecule has 1 aromatic rings. The molecule has 0 radical (unpaired) electrons. The van der Waals surface area contributed by atoms with Crippen molar-refractivity contribution in [1.82, 2.24) is 9.36 Å². The van der Waals surface area contributed by atoms with E-state index in [0.717, 1.165) is 23.9 Å². The molecule has 78 valence electrons. The molecule has 5 heteroatoms. The second-order valence-corrected chi connectivity index (χ2v) is 4.57. The van der Waals surface area contributed by atoms with E-state index in [9.17, 15) is 0 Å². The number of nitrogens with zero attached hydrogens (tertiary/aromatic N) is 3. The zero-order valence-electron chi connectivity index (χ0n) is 8.24. The topological polar surface area (TPSA) is 29.0 Å². The fourth-order valence-electron chi connectivity index (χ4n) is 1.42. The van der Waals surface area contributed by atoms with Crippen LogP contribution < -0.4 is 4.90 Å². The van der Waals surface area contributed by atoms with Crippen LogP contribution in [-0.4, -0.2) is 27.8 Å². The van der Waals surface area contributed by atoms with Crippen LogP contribution in [0.2, 0.25) is 0 Å². The quantitative estimate of drug-likeness (QED) is 0.729. The minimum Gasteiger partial charge on any atom is -0.343 e. The lowest BCUT2D eigenvalue weighted by molar-refractivity contribution is 0.818. The first-order valence-electron chi connectivity index (χ1n) is 5.00. The third-order valence-electron chi connectivity index (χ3n) is 2.33. The van der Waals surface area contributed by atoms with Crippen LogP contribution in [0.5, 0.6) is 0 Å². The van der Waals surface area contributed by atoms with Gasteiger partial charge in [-0.3, -0.25) is 0 Å². The van der Waals surface area contributed by atoms with Gasteiger partial charge in [-0.05, 0) is 12.8 Å². The van der Waals surface area contributed by atoms with E-state index >= 15 is 0 Å². The Balaban J connectivity index is 2.08. The van der Waals surface area contributed by atoms with Crippen LogP contribution in [0.4, 0.5) is 5.13 Å². The molecule has 0 aliphatic heterocycles. The summed E-state index contributed by atoms with van der Waals surface area (Å²) in [5, 5.41) is 1.05. The second kappa shape index (κ2) is 4.45. The highest BCUT2D eigenvalue weighted by Crippen LogP contribution is 2.32. The summed E-state index contributed by atoms with van der Waals surface area (Å²) in [4.78, 5) is 6.78. The fraction of sp³-hybridized carbons (Fsp3) is 0.778. The van der Waals surface area contributed by atoms with E-state index in [-0.39, 0.29) is 0 Å². The maximum Gasteiger partial charge on any atom is 0.205 e. The van der Waals surface area contributed by atoms with Gasteiger partial charge in [0.2, 0.25) is 5.13 Å². The molecule has 1 aromatic heterocycles. The molecule has 0 saturated heterocycles. The Bertz CT molecular complexity index is 298. The number of halogens is 1. The zero-order valence-corrected chi connectivity index (χ0v) is 9.81. The highest BCUT2D eigenvalue weighted by Gasteiger charge is 2.30. The van der Waals surface area contributed by atoms with Crippen molar-refractivity contribution >= 4 is 28.3 Å². The summed E-state index contributed by atoms with van der Waals surface area (Å²) in [6, 6.07) is 0.673. The largest absolute Gasteiger partial charge is 0.343 e. The van der Waals surface area contributed by atoms with E-state index in [1.807, 2.05) is 0 Å². The molecule has 1 heterocycles. The predicted octanol–water partition coefficient (Wildman–Crippen LogP) is 2.31. The van der Waals surface area contributed by atoms with E-state index < -0.39 is 0 Å².